The van der Waals surface area contributed by atoms with E-state index in [2.05, 4.69) is 61.9 Å². The van der Waals surface area contributed by atoms with E-state index in [0.717, 1.165) is 41.3 Å². The summed E-state index contributed by atoms with van der Waals surface area (Å²) in [5.74, 6) is 1.50. The Bertz CT molecular complexity index is 1220. The summed E-state index contributed by atoms with van der Waals surface area (Å²) in [6, 6.07) is 25.6. The highest BCUT2D eigenvalue weighted by molar-refractivity contribution is 5.89. The fourth-order valence-corrected chi connectivity index (χ4v) is 4.54. The molecule has 6 heteroatoms. The molecule has 1 spiro atoms. The Kier molecular flexibility index (Phi) is 6.46. The second kappa shape index (κ2) is 9.70. The lowest BCUT2D eigenvalue weighted by Crippen LogP contribution is -2.48. The quantitative estimate of drug-likeness (QED) is 0.432. The zero-order valence-electron chi connectivity index (χ0n) is 21.1. The molecule has 186 valence electrons. The molecule has 0 radical (unpaired) electrons. The van der Waals surface area contributed by atoms with Gasteiger partial charge in [0.25, 0.3) is 0 Å². The van der Waals surface area contributed by atoms with Crippen molar-refractivity contribution in [2.45, 2.75) is 44.6 Å². The molecule has 36 heavy (non-hydrogen) atoms. The van der Waals surface area contributed by atoms with Crippen LogP contribution in [0.15, 0.2) is 84.9 Å². The Morgan fingerprint density at radius 3 is 2.19 bits per heavy atom. The van der Waals surface area contributed by atoms with Crippen LogP contribution in [0.2, 0.25) is 0 Å². The van der Waals surface area contributed by atoms with Crippen LogP contribution in [-0.2, 0) is 10.3 Å². The summed E-state index contributed by atoms with van der Waals surface area (Å²) in [6.07, 6.45) is 3.65. The van der Waals surface area contributed by atoms with Gasteiger partial charge in [-0.15, -0.1) is 0 Å². The molecule has 0 saturated carbocycles. The average molecular weight is 484 g/mol. The highest BCUT2D eigenvalue weighted by Crippen LogP contribution is 2.35. The molecule has 0 aromatic heterocycles. The zero-order valence-corrected chi connectivity index (χ0v) is 21.1. The van der Waals surface area contributed by atoms with Crippen molar-refractivity contribution < 1.29 is 14.4 Å². The number of rotatable bonds is 4. The normalized spacial score (nSPS) is 16.9. The van der Waals surface area contributed by atoms with Crippen LogP contribution in [0.1, 0.15) is 44.7 Å². The van der Waals surface area contributed by atoms with Crippen LogP contribution >= 0.6 is 0 Å². The largest absolute Gasteiger partial charge is 0.457 e. The summed E-state index contributed by atoms with van der Waals surface area (Å²) in [5.41, 5.74) is 7.01. The molecule has 2 amide bonds. The van der Waals surface area contributed by atoms with Gasteiger partial charge < -0.3 is 15.0 Å². The zero-order chi connectivity index (χ0) is 25.2. The highest BCUT2D eigenvalue weighted by Gasteiger charge is 2.40. The van der Waals surface area contributed by atoms with E-state index in [4.69, 9.17) is 9.57 Å². The first kappa shape index (κ1) is 23.9. The topological polar surface area (TPSA) is 62.8 Å². The maximum absolute atomic E-state index is 12.9. The van der Waals surface area contributed by atoms with E-state index < -0.39 is 0 Å². The summed E-state index contributed by atoms with van der Waals surface area (Å²) >= 11 is 0. The maximum Gasteiger partial charge on any atom is 0.321 e. The Morgan fingerprint density at radius 2 is 1.56 bits per heavy atom. The van der Waals surface area contributed by atoms with Crippen molar-refractivity contribution in [1.29, 1.82) is 0 Å². The van der Waals surface area contributed by atoms with Gasteiger partial charge >= 0.3 is 6.03 Å². The second-order valence-electron chi connectivity index (χ2n) is 10.5. The van der Waals surface area contributed by atoms with Crippen molar-refractivity contribution in [2.24, 2.45) is 0 Å². The van der Waals surface area contributed by atoms with Gasteiger partial charge in [0.05, 0.1) is 5.70 Å². The standard InChI is InChI=1S/C30H33N3O3/c1-29(2,3)23-11-9-22(10-12-23)27-21-30(36-32-27)17-19-33(20-18-30)28(34)31-24-13-15-26(16-14-24)35-25-7-5-4-6-8-25/h4-16,21,32H,17-20H2,1-3H3,(H,31,34). The molecule has 0 bridgehead atoms. The van der Waals surface area contributed by atoms with Crippen molar-refractivity contribution in [3.05, 3.63) is 96.1 Å². The number of para-hydroxylation sites is 1. The smallest absolute Gasteiger partial charge is 0.321 e. The fraction of sp³-hybridized carbons (Fsp3) is 0.300. The third-order valence-electron chi connectivity index (χ3n) is 6.82. The number of piperidine rings is 1. The summed E-state index contributed by atoms with van der Waals surface area (Å²) in [6.45, 7) is 7.89. The molecule has 3 aromatic carbocycles. The van der Waals surface area contributed by atoms with Crippen molar-refractivity contribution in [1.82, 2.24) is 10.4 Å². The number of likely N-dealkylation sites (tertiary alicyclic amines) is 1. The summed E-state index contributed by atoms with van der Waals surface area (Å²) in [4.78, 5) is 20.7. The van der Waals surface area contributed by atoms with Gasteiger partial charge in [0.1, 0.15) is 17.1 Å². The minimum Gasteiger partial charge on any atom is -0.457 e. The molecule has 1 saturated heterocycles. The lowest BCUT2D eigenvalue weighted by Gasteiger charge is -2.36. The average Bonchev–Trinajstić information content (AvgIpc) is 3.29. The number of ether oxygens (including phenoxy) is 1. The summed E-state index contributed by atoms with van der Waals surface area (Å²) < 4.78 is 5.82. The number of benzene rings is 3. The van der Waals surface area contributed by atoms with E-state index >= 15 is 0 Å². The van der Waals surface area contributed by atoms with Crippen molar-refractivity contribution >= 4 is 17.4 Å². The molecule has 0 unspecified atom stereocenters. The Balaban J connectivity index is 1.15. The van der Waals surface area contributed by atoms with Crippen LogP contribution in [-0.4, -0.2) is 29.6 Å². The molecule has 2 N–H and O–H groups in total. The maximum atomic E-state index is 12.9. The van der Waals surface area contributed by atoms with Gasteiger partial charge in [-0.25, -0.2) is 4.79 Å². The van der Waals surface area contributed by atoms with Crippen LogP contribution in [0.5, 0.6) is 11.5 Å². The number of nitrogens with one attached hydrogen (secondary N) is 2. The number of anilines is 1. The molecule has 6 nitrogen and oxygen atoms in total. The number of amides is 2. The lowest BCUT2D eigenvalue weighted by atomic mass is 9.86. The summed E-state index contributed by atoms with van der Waals surface area (Å²) in [7, 11) is 0. The van der Waals surface area contributed by atoms with E-state index in [-0.39, 0.29) is 17.0 Å². The Labute approximate surface area is 212 Å². The SMILES string of the molecule is CC(C)(C)c1ccc(C2=CC3(CCN(C(=O)Nc4ccc(Oc5ccccc5)cc4)CC3)ON2)cc1. The van der Waals surface area contributed by atoms with E-state index in [1.165, 1.54) is 5.56 Å². The van der Waals surface area contributed by atoms with E-state index in [0.29, 0.717) is 13.1 Å². The molecular weight excluding hydrogens is 450 g/mol. The molecule has 2 heterocycles. The number of carbonyl (C=O) groups excluding carboxylic acids is 1. The molecule has 3 aromatic rings. The fourth-order valence-electron chi connectivity index (χ4n) is 4.54. The van der Waals surface area contributed by atoms with Crippen LogP contribution in [0.3, 0.4) is 0 Å². The monoisotopic (exact) mass is 483 g/mol. The molecule has 1 fully saturated rings. The predicted molar refractivity (Wildman–Crippen MR) is 143 cm³/mol. The molecule has 2 aliphatic heterocycles. The van der Waals surface area contributed by atoms with Crippen molar-refractivity contribution in [2.75, 3.05) is 18.4 Å². The van der Waals surface area contributed by atoms with Crippen LogP contribution in [0, 0.1) is 0 Å². The third-order valence-corrected chi connectivity index (χ3v) is 6.82. The molecule has 0 atom stereocenters. The van der Waals surface area contributed by atoms with E-state index in [1.807, 2.05) is 59.5 Å². The number of carbonyl (C=O) groups is 1. The van der Waals surface area contributed by atoms with Crippen molar-refractivity contribution in [3.63, 3.8) is 0 Å². The Morgan fingerprint density at radius 1 is 0.917 bits per heavy atom. The van der Waals surface area contributed by atoms with Gasteiger partial charge in [-0.05, 0) is 59.0 Å². The first-order valence-corrected chi connectivity index (χ1v) is 12.5. The van der Waals surface area contributed by atoms with E-state index in [9.17, 15) is 4.79 Å². The molecule has 2 aliphatic rings. The highest BCUT2D eigenvalue weighted by atomic mass is 16.7. The van der Waals surface area contributed by atoms with Gasteiger partial charge in [0.2, 0.25) is 0 Å². The number of urea groups is 1. The molecule has 0 aliphatic carbocycles. The van der Waals surface area contributed by atoms with E-state index in [1.54, 1.807) is 0 Å². The second-order valence-corrected chi connectivity index (χ2v) is 10.5. The number of hydrogen-bond acceptors (Lipinski definition) is 4. The first-order chi connectivity index (χ1) is 17.3. The number of nitrogens with zero attached hydrogens (tertiary/aromatic N) is 1. The Hall–Kier alpha value is -3.77. The van der Waals surface area contributed by atoms with Crippen LogP contribution in [0.25, 0.3) is 5.70 Å². The van der Waals surface area contributed by atoms with Gasteiger partial charge in [0.15, 0.2) is 0 Å². The van der Waals surface area contributed by atoms with Gasteiger partial charge in [-0.2, -0.15) is 0 Å². The van der Waals surface area contributed by atoms with Gasteiger partial charge in [0, 0.05) is 31.6 Å². The third kappa shape index (κ3) is 5.39. The van der Waals surface area contributed by atoms with Gasteiger partial charge in [-0.3, -0.25) is 10.3 Å². The van der Waals surface area contributed by atoms with Gasteiger partial charge in [-0.1, -0.05) is 63.2 Å². The number of hydroxylamine groups is 1. The first-order valence-electron chi connectivity index (χ1n) is 12.5. The minimum absolute atomic E-state index is 0.102. The number of hydrogen-bond donors (Lipinski definition) is 2. The lowest BCUT2D eigenvalue weighted by molar-refractivity contribution is -0.0634. The predicted octanol–water partition coefficient (Wildman–Crippen LogP) is 6.72. The molecular formula is C30H33N3O3. The van der Waals surface area contributed by atoms with Crippen molar-refractivity contribution in [3.8, 4) is 11.5 Å². The minimum atomic E-state index is -0.384. The van der Waals surface area contributed by atoms with Crippen LogP contribution in [0.4, 0.5) is 10.5 Å². The van der Waals surface area contributed by atoms with Crippen LogP contribution < -0.4 is 15.5 Å². The summed E-state index contributed by atoms with van der Waals surface area (Å²) in [5, 5.41) is 2.99. The molecule has 5 rings (SSSR count).